The van der Waals surface area contributed by atoms with Crippen molar-refractivity contribution in [3.8, 4) is 11.6 Å². The van der Waals surface area contributed by atoms with Crippen molar-refractivity contribution in [1.82, 2.24) is 9.97 Å². The summed E-state index contributed by atoms with van der Waals surface area (Å²) in [7, 11) is 0. The average molecular weight is 355 g/mol. The molecule has 0 radical (unpaired) electrons. The zero-order valence-electron chi connectivity index (χ0n) is 11.9. The Hall–Kier alpha value is -1.73. The van der Waals surface area contributed by atoms with Gasteiger partial charge in [-0.1, -0.05) is 29.8 Å². The third kappa shape index (κ3) is 3.48. The molecule has 21 heavy (non-hydrogen) atoms. The maximum Gasteiger partial charge on any atom is 0.227 e. The van der Waals surface area contributed by atoms with Gasteiger partial charge in [-0.15, -0.1) is 0 Å². The first-order valence-electron chi connectivity index (χ1n) is 6.40. The molecular formula is C14H16BrFN4O. The molecule has 0 amide bonds. The van der Waals surface area contributed by atoms with Gasteiger partial charge in [0.2, 0.25) is 5.88 Å². The number of benzene rings is 1. The molecule has 0 aliphatic rings. The van der Waals surface area contributed by atoms with E-state index >= 15 is 0 Å². The van der Waals surface area contributed by atoms with E-state index < -0.39 is 5.82 Å². The maximum absolute atomic E-state index is 13.8. The predicted molar refractivity (Wildman–Crippen MR) is 82.8 cm³/mol. The van der Waals surface area contributed by atoms with Crippen LogP contribution < -0.4 is 16.0 Å². The fourth-order valence-electron chi connectivity index (χ4n) is 1.67. The van der Waals surface area contributed by atoms with E-state index in [0.717, 1.165) is 0 Å². The van der Waals surface area contributed by atoms with Crippen molar-refractivity contribution in [2.75, 3.05) is 5.43 Å². The van der Waals surface area contributed by atoms with Crippen LogP contribution in [0.3, 0.4) is 0 Å². The number of anilines is 1. The van der Waals surface area contributed by atoms with Crippen LogP contribution in [-0.2, 0) is 0 Å². The lowest BCUT2D eigenvalue weighted by molar-refractivity contribution is 0.420. The summed E-state index contributed by atoms with van der Waals surface area (Å²) in [5.41, 5.74) is 3.12. The molecule has 0 bridgehead atoms. The van der Waals surface area contributed by atoms with Crippen LogP contribution in [0.15, 0.2) is 22.7 Å². The van der Waals surface area contributed by atoms with Gasteiger partial charge in [0.25, 0.3) is 0 Å². The normalized spacial score (nSPS) is 10.8. The molecule has 0 atom stereocenters. The molecule has 0 fully saturated rings. The van der Waals surface area contributed by atoms with Gasteiger partial charge in [0.1, 0.15) is 5.82 Å². The number of ether oxygens (including phenoxy) is 1. The number of nitrogens with zero attached hydrogens (tertiary/aromatic N) is 2. The van der Waals surface area contributed by atoms with Crippen LogP contribution in [0, 0.1) is 12.7 Å². The van der Waals surface area contributed by atoms with E-state index in [9.17, 15) is 4.39 Å². The second kappa shape index (κ2) is 6.36. The van der Waals surface area contributed by atoms with E-state index in [1.807, 2.05) is 13.8 Å². The van der Waals surface area contributed by atoms with E-state index in [1.165, 1.54) is 6.07 Å². The number of hydrogen-bond acceptors (Lipinski definition) is 5. The van der Waals surface area contributed by atoms with Crippen molar-refractivity contribution in [3.05, 3.63) is 39.9 Å². The third-order valence-corrected chi connectivity index (χ3v) is 3.36. The molecule has 0 unspecified atom stereocenters. The first-order valence-corrected chi connectivity index (χ1v) is 7.19. The zero-order chi connectivity index (χ0) is 15.6. The zero-order valence-corrected chi connectivity index (χ0v) is 13.5. The molecule has 1 aromatic heterocycles. The Kier molecular flexibility index (Phi) is 4.74. The molecule has 2 rings (SSSR count). The Balaban J connectivity index is 2.47. The summed E-state index contributed by atoms with van der Waals surface area (Å²) in [6, 6.07) is 4.46. The lowest BCUT2D eigenvalue weighted by Crippen LogP contribution is -2.13. The molecule has 0 saturated heterocycles. The molecule has 7 heteroatoms. The van der Waals surface area contributed by atoms with Gasteiger partial charge >= 0.3 is 0 Å². The summed E-state index contributed by atoms with van der Waals surface area (Å²) < 4.78 is 20.1. The van der Waals surface area contributed by atoms with Gasteiger partial charge in [-0.2, -0.15) is 4.98 Å². The molecule has 0 aliphatic heterocycles. The van der Waals surface area contributed by atoms with Gasteiger partial charge < -0.3 is 10.2 Å². The van der Waals surface area contributed by atoms with Gasteiger partial charge in [0, 0.05) is 10.4 Å². The van der Waals surface area contributed by atoms with Crippen LogP contribution in [0.5, 0.6) is 11.6 Å². The molecule has 0 aliphatic carbocycles. The molecule has 1 heterocycles. The fourth-order valence-corrected chi connectivity index (χ4v) is 2.01. The third-order valence-electron chi connectivity index (χ3n) is 2.87. The number of nitrogen functional groups attached to an aromatic ring is 1. The summed E-state index contributed by atoms with van der Waals surface area (Å²) >= 11 is 3.28. The molecular weight excluding hydrogens is 339 g/mol. The Bertz CT molecular complexity index is 664. The van der Waals surface area contributed by atoms with Gasteiger partial charge in [-0.05, 0) is 25.1 Å². The lowest BCUT2D eigenvalue weighted by Gasteiger charge is -2.14. The summed E-state index contributed by atoms with van der Waals surface area (Å²) in [6.07, 6.45) is 0. The molecule has 3 N–H and O–H groups in total. The number of rotatable bonds is 4. The largest absolute Gasteiger partial charge is 0.435 e. The van der Waals surface area contributed by atoms with Crippen LogP contribution in [0.25, 0.3) is 0 Å². The number of nitrogens with two attached hydrogens (primary N) is 1. The minimum Gasteiger partial charge on any atom is -0.435 e. The highest BCUT2D eigenvalue weighted by molar-refractivity contribution is 9.10. The monoisotopic (exact) mass is 354 g/mol. The number of aromatic nitrogens is 2. The first kappa shape index (κ1) is 15.7. The topological polar surface area (TPSA) is 73.1 Å². The van der Waals surface area contributed by atoms with Crippen LogP contribution >= 0.6 is 15.9 Å². The van der Waals surface area contributed by atoms with Gasteiger partial charge in [0.15, 0.2) is 17.4 Å². The maximum atomic E-state index is 13.8. The van der Waals surface area contributed by atoms with Crippen molar-refractivity contribution in [2.45, 2.75) is 26.7 Å². The van der Waals surface area contributed by atoms with E-state index in [0.29, 0.717) is 21.7 Å². The second-order valence-corrected chi connectivity index (χ2v) is 5.75. The highest BCUT2D eigenvalue weighted by atomic mass is 79.9. The molecule has 5 nitrogen and oxygen atoms in total. The molecule has 112 valence electrons. The van der Waals surface area contributed by atoms with E-state index in [4.69, 9.17) is 10.6 Å². The Morgan fingerprint density at radius 1 is 1.33 bits per heavy atom. The predicted octanol–water partition coefficient (Wildman–Crippen LogP) is 3.89. The average Bonchev–Trinajstić information content (AvgIpc) is 2.44. The Morgan fingerprint density at radius 2 is 2.05 bits per heavy atom. The van der Waals surface area contributed by atoms with Crippen LogP contribution in [-0.4, -0.2) is 9.97 Å². The minimum atomic E-state index is -0.468. The minimum absolute atomic E-state index is 0.0869. The molecule has 0 saturated carbocycles. The quantitative estimate of drug-likeness (QED) is 0.643. The Morgan fingerprint density at radius 3 is 2.67 bits per heavy atom. The van der Waals surface area contributed by atoms with E-state index in [2.05, 4.69) is 31.3 Å². The highest BCUT2D eigenvalue weighted by Crippen LogP contribution is 2.31. The van der Waals surface area contributed by atoms with Gasteiger partial charge in [-0.25, -0.2) is 15.2 Å². The smallest absolute Gasteiger partial charge is 0.227 e. The number of hydrogen-bond donors (Lipinski definition) is 2. The molecule has 0 spiro atoms. The van der Waals surface area contributed by atoms with E-state index in [1.54, 1.807) is 19.1 Å². The number of nitrogens with one attached hydrogen (secondary N) is 1. The number of halogens is 2. The summed E-state index contributed by atoms with van der Waals surface area (Å²) in [5, 5.41) is 0. The van der Waals surface area contributed by atoms with Crippen molar-refractivity contribution < 1.29 is 9.13 Å². The van der Waals surface area contributed by atoms with E-state index in [-0.39, 0.29) is 17.5 Å². The molecule has 1 aromatic carbocycles. The van der Waals surface area contributed by atoms with Gasteiger partial charge in [-0.3, -0.25) is 0 Å². The van der Waals surface area contributed by atoms with Crippen molar-refractivity contribution in [2.24, 2.45) is 5.84 Å². The lowest BCUT2D eigenvalue weighted by atomic mass is 10.2. The van der Waals surface area contributed by atoms with Crippen LogP contribution in [0.2, 0.25) is 0 Å². The standard InChI is InChI=1S/C14H16BrFN4O/c1-7(2)12-18-13(20-17)8(3)14(19-12)21-11-6-9(15)4-5-10(11)16/h4-7H,17H2,1-3H3,(H,18,19,20). The van der Waals surface area contributed by atoms with Gasteiger partial charge in [0.05, 0.1) is 5.56 Å². The summed E-state index contributed by atoms with van der Waals surface area (Å²) in [4.78, 5) is 8.64. The van der Waals surface area contributed by atoms with Crippen LogP contribution in [0.4, 0.5) is 10.2 Å². The van der Waals surface area contributed by atoms with Crippen molar-refractivity contribution in [3.63, 3.8) is 0 Å². The first-order chi connectivity index (χ1) is 9.92. The summed E-state index contributed by atoms with van der Waals surface area (Å²) in [5.74, 6) is 6.47. The number of hydrazine groups is 1. The summed E-state index contributed by atoms with van der Waals surface area (Å²) in [6.45, 7) is 5.66. The highest BCUT2D eigenvalue weighted by Gasteiger charge is 2.16. The SMILES string of the molecule is Cc1c(NN)nc(C(C)C)nc1Oc1cc(Br)ccc1F. The van der Waals surface area contributed by atoms with Crippen LogP contribution in [0.1, 0.15) is 31.2 Å². The fraction of sp³-hybridized carbons (Fsp3) is 0.286. The van der Waals surface area contributed by atoms with Crippen molar-refractivity contribution >= 4 is 21.7 Å². The second-order valence-electron chi connectivity index (χ2n) is 4.84. The molecule has 2 aromatic rings. The Labute approximate surface area is 130 Å². The van der Waals surface area contributed by atoms with Crippen molar-refractivity contribution in [1.29, 1.82) is 0 Å².